The van der Waals surface area contributed by atoms with Crippen molar-refractivity contribution < 1.29 is 13.2 Å². The second-order valence-corrected chi connectivity index (χ2v) is 9.79. The maximum atomic E-state index is 12.4. The smallest absolute Gasteiger partial charge is 0.249 e. The number of aryl methyl sites for hydroxylation is 1. The fraction of sp³-hybridized carbons (Fsp3) is 0.227. The van der Waals surface area contributed by atoms with Gasteiger partial charge in [-0.2, -0.15) is 0 Å². The summed E-state index contributed by atoms with van der Waals surface area (Å²) in [6, 6.07) is 7.62. The number of carbonyl (C=O) groups is 1. The highest BCUT2D eigenvalue weighted by atomic mass is 32.2. The molecule has 154 valence electrons. The van der Waals surface area contributed by atoms with Crippen LogP contribution in [0.15, 0.2) is 54.5 Å². The summed E-state index contributed by atoms with van der Waals surface area (Å²) >= 11 is 0. The number of rotatable bonds is 3. The van der Waals surface area contributed by atoms with Crippen molar-refractivity contribution in [2.24, 2.45) is 0 Å². The number of hydrogen-bond donors (Lipinski definition) is 2. The Labute approximate surface area is 175 Å². The van der Waals surface area contributed by atoms with E-state index in [-0.39, 0.29) is 17.4 Å². The van der Waals surface area contributed by atoms with Crippen LogP contribution < -0.4 is 11.1 Å². The first-order valence-electron chi connectivity index (χ1n) is 9.62. The van der Waals surface area contributed by atoms with E-state index in [2.05, 4.69) is 15.3 Å². The second kappa shape index (κ2) is 7.87. The van der Waals surface area contributed by atoms with E-state index in [1.165, 1.54) is 6.08 Å². The molecule has 0 spiro atoms. The first-order chi connectivity index (χ1) is 14.3. The minimum Gasteiger partial charge on any atom is -0.398 e. The molecular weight excluding hydrogens is 400 g/mol. The molecule has 1 saturated heterocycles. The zero-order valence-corrected chi connectivity index (χ0v) is 17.4. The Bertz CT molecular complexity index is 1270. The molecule has 1 amide bonds. The Morgan fingerprint density at radius 2 is 1.93 bits per heavy atom. The number of hydrogen-bond acceptors (Lipinski definition) is 6. The van der Waals surface area contributed by atoms with Gasteiger partial charge in [-0.1, -0.05) is 5.57 Å². The summed E-state index contributed by atoms with van der Waals surface area (Å²) in [6.07, 6.45) is 7.45. The number of allylic oxidation sites excluding steroid dienone is 1. The number of amides is 1. The second-order valence-electron chi connectivity index (χ2n) is 7.49. The molecule has 0 unspecified atom stereocenters. The van der Waals surface area contributed by atoms with Crippen LogP contribution in [0.25, 0.3) is 21.9 Å². The lowest BCUT2D eigenvalue weighted by Gasteiger charge is -2.14. The Hall–Kier alpha value is -3.26. The minimum atomic E-state index is -2.97. The highest BCUT2D eigenvalue weighted by Gasteiger charge is 2.19. The molecule has 0 radical (unpaired) electrons. The van der Waals surface area contributed by atoms with Crippen molar-refractivity contribution in [3.8, 4) is 11.1 Å². The van der Waals surface area contributed by atoms with Gasteiger partial charge in [-0.15, -0.1) is 0 Å². The third-order valence-corrected chi connectivity index (χ3v) is 6.93. The van der Waals surface area contributed by atoms with Gasteiger partial charge >= 0.3 is 0 Å². The van der Waals surface area contributed by atoms with Crippen LogP contribution in [0.3, 0.4) is 0 Å². The summed E-state index contributed by atoms with van der Waals surface area (Å²) < 4.78 is 23.0. The van der Waals surface area contributed by atoms with Gasteiger partial charge in [0.05, 0.1) is 11.5 Å². The third-order valence-electron chi connectivity index (χ3n) is 5.27. The molecule has 30 heavy (non-hydrogen) atoms. The number of fused-ring (bicyclic) bond motifs is 1. The first-order valence-corrected chi connectivity index (χ1v) is 11.4. The SMILES string of the molecule is Cc1ccncc1-c1cc(N)c2cnc(NC(=O)C=C3CCS(=O)(=O)CC3)cc2c1. The average Bonchev–Trinajstić information content (AvgIpc) is 2.69. The van der Waals surface area contributed by atoms with Gasteiger partial charge < -0.3 is 11.1 Å². The van der Waals surface area contributed by atoms with Crippen molar-refractivity contribution in [1.82, 2.24) is 9.97 Å². The van der Waals surface area contributed by atoms with E-state index in [9.17, 15) is 13.2 Å². The van der Waals surface area contributed by atoms with Crippen LogP contribution in [0.5, 0.6) is 0 Å². The van der Waals surface area contributed by atoms with Crippen LogP contribution in [0.2, 0.25) is 0 Å². The highest BCUT2D eigenvalue weighted by molar-refractivity contribution is 7.91. The number of nitrogen functional groups attached to an aromatic ring is 1. The molecule has 3 N–H and O–H groups in total. The fourth-order valence-electron chi connectivity index (χ4n) is 3.57. The zero-order valence-electron chi connectivity index (χ0n) is 16.6. The van der Waals surface area contributed by atoms with Gasteiger partial charge in [-0.05, 0) is 60.5 Å². The quantitative estimate of drug-likeness (QED) is 0.494. The van der Waals surface area contributed by atoms with E-state index in [1.807, 2.05) is 25.1 Å². The Morgan fingerprint density at radius 3 is 2.67 bits per heavy atom. The van der Waals surface area contributed by atoms with Crippen LogP contribution >= 0.6 is 0 Å². The lowest BCUT2D eigenvalue weighted by Crippen LogP contribution is -2.19. The first kappa shape index (κ1) is 20.0. The maximum absolute atomic E-state index is 12.4. The molecule has 2 aromatic heterocycles. The number of anilines is 2. The highest BCUT2D eigenvalue weighted by Crippen LogP contribution is 2.31. The Morgan fingerprint density at radius 1 is 1.17 bits per heavy atom. The summed E-state index contributed by atoms with van der Waals surface area (Å²) in [5.41, 5.74) is 10.7. The number of sulfone groups is 1. The molecule has 1 aliphatic rings. The van der Waals surface area contributed by atoms with Gasteiger partial charge in [0.2, 0.25) is 5.91 Å². The van der Waals surface area contributed by atoms with Crippen molar-refractivity contribution >= 4 is 38.0 Å². The van der Waals surface area contributed by atoms with Gasteiger partial charge in [-0.25, -0.2) is 13.4 Å². The van der Waals surface area contributed by atoms with Crippen molar-refractivity contribution in [3.05, 3.63) is 60.1 Å². The number of nitrogens with one attached hydrogen (secondary N) is 1. The fourth-order valence-corrected chi connectivity index (χ4v) is 4.92. The molecule has 1 aliphatic heterocycles. The summed E-state index contributed by atoms with van der Waals surface area (Å²) in [4.78, 5) is 20.9. The summed E-state index contributed by atoms with van der Waals surface area (Å²) in [7, 11) is -2.97. The predicted octanol–water partition coefficient (Wildman–Crippen LogP) is 3.26. The van der Waals surface area contributed by atoms with Crippen molar-refractivity contribution in [2.75, 3.05) is 22.6 Å². The molecule has 1 fully saturated rings. The molecule has 8 heteroatoms. The number of nitrogens with two attached hydrogens (primary N) is 1. The molecule has 7 nitrogen and oxygen atoms in total. The molecule has 3 heterocycles. The molecule has 0 bridgehead atoms. The van der Waals surface area contributed by atoms with Gasteiger partial charge in [0.15, 0.2) is 9.84 Å². The minimum absolute atomic E-state index is 0.0934. The Kier molecular flexibility index (Phi) is 5.26. The maximum Gasteiger partial charge on any atom is 0.249 e. The van der Waals surface area contributed by atoms with Crippen LogP contribution in [0.1, 0.15) is 18.4 Å². The van der Waals surface area contributed by atoms with Crippen LogP contribution in [0, 0.1) is 6.92 Å². The number of pyridine rings is 2. The van der Waals surface area contributed by atoms with Crippen LogP contribution in [-0.4, -0.2) is 35.8 Å². The molecule has 1 aromatic carbocycles. The standard InChI is InChI=1S/C22H22N4O3S/c1-14-2-5-24-12-18(14)16-9-17-11-21(25-13-19(17)20(23)10-16)26-22(27)8-15-3-6-30(28,29)7-4-15/h2,5,8-13H,3-4,6-7,23H2,1H3,(H,25,26,27). The number of carbonyl (C=O) groups excluding carboxylic acids is 1. The van der Waals surface area contributed by atoms with Crippen LogP contribution in [0.4, 0.5) is 11.5 Å². The zero-order chi connectivity index (χ0) is 21.3. The topological polar surface area (TPSA) is 115 Å². The molecule has 0 aliphatic carbocycles. The van der Waals surface area contributed by atoms with Crippen LogP contribution in [-0.2, 0) is 14.6 Å². The summed E-state index contributed by atoms with van der Waals surface area (Å²) in [5.74, 6) is 0.280. The van der Waals surface area contributed by atoms with Gasteiger partial charge in [-0.3, -0.25) is 9.78 Å². The normalized spacial score (nSPS) is 15.7. The average molecular weight is 423 g/mol. The molecule has 0 saturated carbocycles. The largest absolute Gasteiger partial charge is 0.398 e. The molecular formula is C22H22N4O3S. The molecule has 0 atom stereocenters. The number of aromatic nitrogens is 2. The molecule has 3 aromatic rings. The van der Waals surface area contributed by atoms with E-state index in [1.54, 1.807) is 24.7 Å². The van der Waals surface area contributed by atoms with Gasteiger partial charge in [0, 0.05) is 41.3 Å². The number of nitrogens with zero attached hydrogens (tertiary/aromatic N) is 2. The van der Waals surface area contributed by atoms with Crippen molar-refractivity contribution in [2.45, 2.75) is 19.8 Å². The van der Waals surface area contributed by atoms with Crippen molar-refractivity contribution in [1.29, 1.82) is 0 Å². The lowest BCUT2D eigenvalue weighted by atomic mass is 9.99. The molecule has 4 rings (SSSR count). The van der Waals surface area contributed by atoms with E-state index in [4.69, 9.17) is 5.73 Å². The van der Waals surface area contributed by atoms with Gasteiger partial charge in [0.25, 0.3) is 0 Å². The van der Waals surface area contributed by atoms with E-state index in [0.29, 0.717) is 24.3 Å². The van der Waals surface area contributed by atoms with Crippen molar-refractivity contribution in [3.63, 3.8) is 0 Å². The third kappa shape index (κ3) is 4.33. The lowest BCUT2D eigenvalue weighted by molar-refractivity contribution is -0.112. The van der Waals surface area contributed by atoms with E-state index >= 15 is 0 Å². The van der Waals surface area contributed by atoms with E-state index in [0.717, 1.165) is 33.0 Å². The van der Waals surface area contributed by atoms with E-state index < -0.39 is 9.84 Å². The number of benzene rings is 1. The summed E-state index contributed by atoms with van der Waals surface area (Å²) in [5, 5.41) is 4.42. The monoisotopic (exact) mass is 422 g/mol. The Balaban J connectivity index is 1.60. The van der Waals surface area contributed by atoms with Gasteiger partial charge in [0.1, 0.15) is 5.82 Å². The predicted molar refractivity (Wildman–Crippen MR) is 119 cm³/mol. The summed E-state index contributed by atoms with van der Waals surface area (Å²) in [6.45, 7) is 2.01.